The number of benzene rings is 3. The van der Waals surface area contributed by atoms with Crippen LogP contribution in [0.25, 0.3) is 16.6 Å². The van der Waals surface area contributed by atoms with Crippen LogP contribution in [0, 0.1) is 0 Å². The molecule has 5 rings (SSSR count). The number of Topliss-reactive ketones (excluding diaryl/α,β-unsaturated/α-hetero) is 1. The molecule has 0 aliphatic heterocycles. The maximum absolute atomic E-state index is 14.0. The van der Waals surface area contributed by atoms with Crippen LogP contribution in [0.3, 0.4) is 0 Å². The molecular weight excluding hydrogens is 567 g/mol. The van der Waals surface area contributed by atoms with Gasteiger partial charge < -0.3 is 28.8 Å². The predicted octanol–water partition coefficient (Wildman–Crippen LogP) is 1.67. The Labute approximate surface area is 270 Å². The Bertz CT molecular complexity index is 1610. The van der Waals surface area contributed by atoms with Crippen LogP contribution in [0.15, 0.2) is 60.2 Å². The molecule has 42 heavy (non-hydrogen) atoms. The van der Waals surface area contributed by atoms with E-state index in [-0.39, 0.29) is 53.2 Å². The average Bonchev–Trinajstić information content (AvgIpc) is 3.68. The molecule has 1 aliphatic rings. The van der Waals surface area contributed by atoms with Crippen molar-refractivity contribution in [2.45, 2.75) is 38.2 Å². The van der Waals surface area contributed by atoms with Crippen molar-refractivity contribution in [3.63, 3.8) is 0 Å². The molecule has 0 N–H and O–H groups in total. The number of methoxy groups -OCH3 is 3. The van der Waals surface area contributed by atoms with Crippen molar-refractivity contribution in [2.24, 2.45) is 0 Å². The number of nitrogens with zero attached hydrogens (tertiary/aromatic N) is 2. The zero-order valence-electron chi connectivity index (χ0n) is 24.0. The van der Waals surface area contributed by atoms with Gasteiger partial charge in [0.15, 0.2) is 17.3 Å². The largest absolute Gasteiger partial charge is 1.00 e. The van der Waals surface area contributed by atoms with E-state index in [0.717, 1.165) is 37.4 Å². The number of aliphatic carboxylic acids is 1. The average molecular weight is 597 g/mol. The SMILES string of the molecule is COc1ccc(C(=O)/C(Cc2cc(OC)c(OC)c(OC3CCCC3)c2)=C(/C(=O)[O-])c2ccc3nsnc3c2)cc1.[Na+]. The number of rotatable bonds is 11. The monoisotopic (exact) mass is 596 g/mol. The smallest absolute Gasteiger partial charge is 0.545 e. The zero-order valence-corrected chi connectivity index (χ0v) is 26.8. The van der Waals surface area contributed by atoms with Crippen LogP contribution in [-0.2, 0) is 11.2 Å². The topological polar surface area (TPSA) is 120 Å². The van der Waals surface area contributed by atoms with Gasteiger partial charge in [-0.05, 0) is 85.3 Å². The van der Waals surface area contributed by atoms with E-state index in [9.17, 15) is 14.7 Å². The van der Waals surface area contributed by atoms with E-state index in [4.69, 9.17) is 18.9 Å². The van der Waals surface area contributed by atoms with Gasteiger partial charge in [-0.25, -0.2) is 0 Å². The van der Waals surface area contributed by atoms with Crippen LogP contribution in [0.4, 0.5) is 0 Å². The summed E-state index contributed by atoms with van der Waals surface area (Å²) >= 11 is 1.02. The van der Waals surface area contributed by atoms with E-state index in [1.165, 1.54) is 21.3 Å². The van der Waals surface area contributed by atoms with Gasteiger partial charge in [0, 0.05) is 23.1 Å². The van der Waals surface area contributed by atoms with E-state index >= 15 is 0 Å². The number of hydrogen-bond donors (Lipinski definition) is 0. The number of fused-ring (bicyclic) bond motifs is 1. The first-order valence-corrected chi connectivity index (χ1v) is 13.9. The second kappa shape index (κ2) is 14.2. The van der Waals surface area contributed by atoms with E-state index in [1.54, 1.807) is 54.6 Å². The molecule has 1 fully saturated rings. The van der Waals surface area contributed by atoms with Gasteiger partial charge in [-0.15, -0.1) is 0 Å². The number of carbonyl (C=O) groups excluding carboxylic acids is 2. The minimum absolute atomic E-state index is 0. The molecule has 0 saturated heterocycles. The quantitative estimate of drug-likeness (QED) is 0.145. The van der Waals surface area contributed by atoms with Gasteiger partial charge in [-0.1, -0.05) is 6.07 Å². The molecule has 1 saturated carbocycles. The molecule has 11 heteroatoms. The van der Waals surface area contributed by atoms with Crippen molar-refractivity contribution >= 4 is 40.1 Å². The molecule has 3 aromatic carbocycles. The zero-order chi connectivity index (χ0) is 28.9. The number of carboxylic acids is 1. The Morgan fingerprint density at radius 2 is 1.52 bits per heavy atom. The van der Waals surface area contributed by atoms with E-state index < -0.39 is 11.8 Å². The van der Waals surface area contributed by atoms with Gasteiger partial charge in [-0.3, -0.25) is 4.79 Å². The second-order valence-corrected chi connectivity index (χ2v) is 10.2. The Balaban J connectivity index is 0.00000405. The Kier molecular flexibility index (Phi) is 10.6. The molecule has 0 radical (unpaired) electrons. The fourth-order valence-corrected chi connectivity index (χ4v) is 5.63. The van der Waals surface area contributed by atoms with Crippen molar-refractivity contribution in [3.05, 3.63) is 76.9 Å². The molecule has 212 valence electrons. The normalized spacial score (nSPS) is 13.7. The van der Waals surface area contributed by atoms with Crippen LogP contribution in [0.2, 0.25) is 0 Å². The molecule has 1 heterocycles. The minimum Gasteiger partial charge on any atom is -0.545 e. The maximum atomic E-state index is 14.0. The van der Waals surface area contributed by atoms with E-state index in [2.05, 4.69) is 8.75 Å². The summed E-state index contributed by atoms with van der Waals surface area (Å²) in [7, 11) is 4.58. The van der Waals surface area contributed by atoms with Crippen LogP contribution >= 0.6 is 11.7 Å². The summed E-state index contributed by atoms with van der Waals surface area (Å²) in [5.74, 6) is -0.0306. The number of carbonyl (C=O) groups is 2. The van der Waals surface area contributed by atoms with Crippen molar-refractivity contribution in [2.75, 3.05) is 21.3 Å². The van der Waals surface area contributed by atoms with Gasteiger partial charge in [0.05, 0.1) is 45.1 Å². The van der Waals surface area contributed by atoms with Crippen LogP contribution in [0.5, 0.6) is 23.0 Å². The summed E-state index contributed by atoms with van der Waals surface area (Å²) in [6.07, 6.45) is 4.03. The number of hydrogen-bond acceptors (Lipinski definition) is 10. The third-order valence-corrected chi connectivity index (χ3v) is 7.71. The summed E-state index contributed by atoms with van der Waals surface area (Å²) in [5, 5.41) is 12.7. The third kappa shape index (κ3) is 6.78. The first-order chi connectivity index (χ1) is 19.9. The van der Waals surface area contributed by atoms with Gasteiger partial charge >= 0.3 is 29.6 Å². The van der Waals surface area contributed by atoms with E-state index in [1.807, 2.05) is 0 Å². The van der Waals surface area contributed by atoms with Crippen LogP contribution in [-0.4, -0.2) is 47.9 Å². The molecule has 4 aromatic rings. The summed E-state index contributed by atoms with van der Waals surface area (Å²) in [6, 6.07) is 14.9. The fourth-order valence-electron chi connectivity index (χ4n) is 5.11. The summed E-state index contributed by atoms with van der Waals surface area (Å²) in [6.45, 7) is 0. The molecule has 9 nitrogen and oxygen atoms in total. The molecule has 0 atom stereocenters. The third-order valence-electron chi connectivity index (χ3n) is 7.16. The number of ketones is 1. The van der Waals surface area contributed by atoms with Gasteiger partial charge in [0.1, 0.15) is 16.8 Å². The summed E-state index contributed by atoms with van der Waals surface area (Å²) in [5.41, 5.74) is 2.19. The maximum Gasteiger partial charge on any atom is 1.00 e. The molecule has 1 aliphatic carbocycles. The van der Waals surface area contributed by atoms with Crippen LogP contribution in [0.1, 0.15) is 47.2 Å². The summed E-state index contributed by atoms with van der Waals surface area (Å²) in [4.78, 5) is 26.7. The van der Waals surface area contributed by atoms with Gasteiger partial charge in [-0.2, -0.15) is 8.75 Å². The molecule has 0 spiro atoms. The standard InChI is InChI=1S/C31H30N2O7S.Na/c1-37-21-11-8-19(9-12-21)29(34)23(28(31(35)36)20-10-13-24-25(17-20)33-41-32-24)14-18-15-26(38-2)30(39-3)27(16-18)40-22-6-4-5-7-22;/h8-13,15-17,22H,4-7,14H2,1-3H3,(H,35,36);/q;+1/p-1/b28-23+;. The molecule has 0 bridgehead atoms. The fraction of sp³-hybridized carbons (Fsp3) is 0.290. The first kappa shape index (κ1) is 31.5. The molecule has 0 unspecified atom stereocenters. The van der Waals surface area contributed by atoms with Crippen molar-refractivity contribution in [1.82, 2.24) is 8.75 Å². The number of allylic oxidation sites excluding steroid dienone is 1. The number of ether oxygens (including phenoxy) is 4. The predicted molar refractivity (Wildman–Crippen MR) is 153 cm³/mol. The second-order valence-electron chi connectivity index (χ2n) is 9.70. The summed E-state index contributed by atoms with van der Waals surface area (Å²) < 4.78 is 31.2. The van der Waals surface area contributed by atoms with Gasteiger partial charge in [0.25, 0.3) is 0 Å². The van der Waals surface area contributed by atoms with Crippen molar-refractivity contribution < 1.29 is 63.2 Å². The Morgan fingerprint density at radius 1 is 0.857 bits per heavy atom. The van der Waals surface area contributed by atoms with Crippen molar-refractivity contribution in [1.29, 1.82) is 0 Å². The molecular formula is C31H29N2NaO7S. The van der Waals surface area contributed by atoms with Crippen molar-refractivity contribution in [3.8, 4) is 23.0 Å². The molecule has 1 aromatic heterocycles. The van der Waals surface area contributed by atoms with Crippen LogP contribution < -0.4 is 53.6 Å². The van der Waals surface area contributed by atoms with E-state index in [0.29, 0.717) is 50.7 Å². The number of carboxylic acid groups (broad SMARTS) is 1. The number of aromatic nitrogens is 2. The van der Waals surface area contributed by atoms with Gasteiger partial charge in [0.2, 0.25) is 5.75 Å². The molecule has 0 amide bonds. The Hall–Kier alpha value is -3.44. The Morgan fingerprint density at radius 3 is 2.17 bits per heavy atom. The minimum atomic E-state index is -1.48. The first-order valence-electron chi connectivity index (χ1n) is 13.2.